The van der Waals surface area contributed by atoms with Gasteiger partial charge in [0, 0.05) is 50.3 Å². The van der Waals surface area contributed by atoms with Crippen molar-refractivity contribution in [2.45, 2.75) is 26.2 Å². The topological polar surface area (TPSA) is 50.3 Å². The van der Waals surface area contributed by atoms with Crippen LogP contribution < -0.4 is 4.90 Å². The van der Waals surface area contributed by atoms with Gasteiger partial charge in [-0.2, -0.15) is 0 Å². The molecule has 0 amide bonds. The molecule has 0 N–H and O–H groups in total. The predicted molar refractivity (Wildman–Crippen MR) is 88.6 cm³/mol. The highest BCUT2D eigenvalue weighted by Gasteiger charge is 2.23. The molecule has 1 fully saturated rings. The number of Topliss-reactive ketones (excluding diaryl/α,β-unsaturated/α-hetero) is 2. The highest BCUT2D eigenvalue weighted by molar-refractivity contribution is 7.18. The lowest BCUT2D eigenvalue weighted by Crippen LogP contribution is -2.33. The lowest BCUT2D eigenvalue weighted by molar-refractivity contribution is -0.119. The van der Waals surface area contributed by atoms with E-state index in [2.05, 4.69) is 9.88 Å². The first kappa shape index (κ1) is 14.9. The van der Waals surface area contributed by atoms with Crippen LogP contribution in [0.1, 0.15) is 35.9 Å². The molecule has 22 heavy (non-hydrogen) atoms. The van der Waals surface area contributed by atoms with Gasteiger partial charge in [-0.15, -0.1) is 11.3 Å². The second-order valence-electron chi connectivity index (χ2n) is 5.37. The molecule has 1 aliphatic rings. The van der Waals surface area contributed by atoms with Gasteiger partial charge in [0.15, 0.2) is 5.78 Å². The standard InChI is InChI=1S/C17H18N2O2S/c1-2-15(21)16-11-14(12-3-7-18-8-4-12)17(22-16)19-9-5-13(20)6-10-19/h3-4,7-8,11H,2,5-6,9-10H2,1H3. The molecule has 5 heteroatoms. The number of hydrogen-bond acceptors (Lipinski definition) is 5. The molecular formula is C17H18N2O2S. The summed E-state index contributed by atoms with van der Waals surface area (Å²) in [6.07, 6.45) is 5.21. The number of ketones is 2. The van der Waals surface area contributed by atoms with E-state index in [-0.39, 0.29) is 5.78 Å². The van der Waals surface area contributed by atoms with Crippen LogP contribution >= 0.6 is 11.3 Å². The van der Waals surface area contributed by atoms with Crippen molar-refractivity contribution >= 4 is 27.9 Å². The van der Waals surface area contributed by atoms with Gasteiger partial charge in [-0.3, -0.25) is 14.6 Å². The van der Waals surface area contributed by atoms with Crippen molar-refractivity contribution < 1.29 is 9.59 Å². The van der Waals surface area contributed by atoms with Crippen molar-refractivity contribution in [1.29, 1.82) is 0 Å². The van der Waals surface area contributed by atoms with Crippen LogP contribution in [0, 0.1) is 0 Å². The van der Waals surface area contributed by atoms with Gasteiger partial charge in [0.2, 0.25) is 0 Å². The van der Waals surface area contributed by atoms with E-state index in [0.717, 1.165) is 34.1 Å². The van der Waals surface area contributed by atoms with Crippen molar-refractivity contribution in [2.75, 3.05) is 18.0 Å². The van der Waals surface area contributed by atoms with Gasteiger partial charge in [0.1, 0.15) is 5.78 Å². The van der Waals surface area contributed by atoms with Crippen molar-refractivity contribution in [3.05, 3.63) is 35.5 Å². The van der Waals surface area contributed by atoms with E-state index in [1.54, 1.807) is 12.4 Å². The predicted octanol–water partition coefficient (Wildman–Crippen LogP) is 3.57. The average molecular weight is 314 g/mol. The maximum absolute atomic E-state index is 12.1. The van der Waals surface area contributed by atoms with Gasteiger partial charge in [0.25, 0.3) is 0 Å². The van der Waals surface area contributed by atoms with Crippen LogP contribution in [-0.4, -0.2) is 29.6 Å². The monoisotopic (exact) mass is 314 g/mol. The Bertz CT molecular complexity index is 684. The minimum absolute atomic E-state index is 0.166. The molecule has 3 heterocycles. The molecular weight excluding hydrogens is 296 g/mol. The number of hydrogen-bond donors (Lipinski definition) is 0. The number of rotatable bonds is 4. The molecule has 2 aromatic rings. The van der Waals surface area contributed by atoms with Crippen molar-refractivity contribution in [3.63, 3.8) is 0 Å². The summed E-state index contributed by atoms with van der Waals surface area (Å²) in [4.78, 5) is 30.6. The molecule has 0 saturated carbocycles. The van der Waals surface area contributed by atoms with E-state index in [9.17, 15) is 9.59 Å². The Kier molecular flexibility index (Phi) is 4.34. The first-order valence-electron chi connectivity index (χ1n) is 7.53. The Morgan fingerprint density at radius 2 is 1.95 bits per heavy atom. The smallest absolute Gasteiger partial charge is 0.172 e. The molecule has 0 unspecified atom stereocenters. The van der Waals surface area contributed by atoms with Gasteiger partial charge >= 0.3 is 0 Å². The quantitative estimate of drug-likeness (QED) is 0.810. The maximum Gasteiger partial charge on any atom is 0.172 e. The minimum Gasteiger partial charge on any atom is -0.362 e. The van der Waals surface area contributed by atoms with Crippen molar-refractivity contribution in [1.82, 2.24) is 4.98 Å². The summed E-state index contributed by atoms with van der Waals surface area (Å²) in [6, 6.07) is 5.90. The summed E-state index contributed by atoms with van der Waals surface area (Å²) >= 11 is 1.54. The molecule has 2 aromatic heterocycles. The largest absolute Gasteiger partial charge is 0.362 e. The third-order valence-electron chi connectivity index (χ3n) is 3.91. The molecule has 0 spiro atoms. The Morgan fingerprint density at radius 1 is 1.27 bits per heavy atom. The lowest BCUT2D eigenvalue weighted by atomic mass is 10.1. The molecule has 114 valence electrons. The zero-order valence-electron chi connectivity index (χ0n) is 12.5. The fourth-order valence-corrected chi connectivity index (χ4v) is 3.87. The number of piperidine rings is 1. The average Bonchev–Trinajstić information content (AvgIpc) is 3.01. The van der Waals surface area contributed by atoms with Crippen molar-refractivity contribution in [2.24, 2.45) is 0 Å². The minimum atomic E-state index is 0.166. The molecule has 1 aliphatic heterocycles. The summed E-state index contributed by atoms with van der Waals surface area (Å²) in [5, 5.41) is 1.09. The summed E-state index contributed by atoms with van der Waals surface area (Å²) < 4.78 is 0. The fourth-order valence-electron chi connectivity index (χ4n) is 2.63. The van der Waals surface area contributed by atoms with E-state index < -0.39 is 0 Å². The molecule has 0 bridgehead atoms. The molecule has 0 radical (unpaired) electrons. The zero-order valence-corrected chi connectivity index (χ0v) is 13.4. The first-order valence-corrected chi connectivity index (χ1v) is 8.34. The van der Waals surface area contributed by atoms with Gasteiger partial charge in [0.05, 0.1) is 9.88 Å². The summed E-state index contributed by atoms with van der Waals surface area (Å²) in [5.74, 6) is 0.489. The van der Waals surface area contributed by atoms with E-state index in [0.29, 0.717) is 25.0 Å². The Balaban J connectivity index is 2.01. The summed E-state index contributed by atoms with van der Waals surface area (Å²) in [7, 11) is 0. The van der Waals surface area contributed by atoms with Gasteiger partial charge in [-0.25, -0.2) is 0 Å². The highest BCUT2D eigenvalue weighted by Crippen LogP contribution is 2.40. The van der Waals surface area contributed by atoms with E-state index >= 15 is 0 Å². The Morgan fingerprint density at radius 3 is 2.59 bits per heavy atom. The van der Waals surface area contributed by atoms with Crippen LogP contribution in [0.15, 0.2) is 30.6 Å². The fraction of sp³-hybridized carbons (Fsp3) is 0.353. The molecule has 0 atom stereocenters. The second kappa shape index (κ2) is 6.40. The number of carbonyl (C=O) groups is 2. The molecule has 4 nitrogen and oxygen atoms in total. The van der Waals surface area contributed by atoms with Crippen LogP contribution in [0.4, 0.5) is 5.00 Å². The van der Waals surface area contributed by atoms with Crippen molar-refractivity contribution in [3.8, 4) is 11.1 Å². The van der Waals surface area contributed by atoms with Crippen LogP contribution in [0.5, 0.6) is 0 Å². The summed E-state index contributed by atoms with van der Waals surface area (Å²) in [5.41, 5.74) is 2.13. The number of aromatic nitrogens is 1. The third kappa shape index (κ3) is 2.95. The number of anilines is 1. The number of carbonyl (C=O) groups excluding carboxylic acids is 2. The summed E-state index contributed by atoms with van der Waals surface area (Å²) in [6.45, 7) is 3.35. The first-order chi connectivity index (χ1) is 10.7. The number of thiophene rings is 1. The van der Waals surface area contributed by atoms with Crippen LogP contribution in [0.25, 0.3) is 11.1 Å². The lowest BCUT2D eigenvalue weighted by Gasteiger charge is -2.27. The number of nitrogens with zero attached hydrogens (tertiary/aromatic N) is 2. The second-order valence-corrected chi connectivity index (χ2v) is 6.40. The van der Waals surface area contributed by atoms with E-state index in [4.69, 9.17) is 0 Å². The molecule has 1 saturated heterocycles. The SMILES string of the molecule is CCC(=O)c1cc(-c2ccncc2)c(N2CCC(=O)CC2)s1. The molecule has 0 aromatic carbocycles. The van der Waals surface area contributed by atoms with Gasteiger partial charge in [-0.1, -0.05) is 6.92 Å². The number of pyridine rings is 1. The molecule has 0 aliphatic carbocycles. The van der Waals surface area contributed by atoms with Crippen LogP contribution in [-0.2, 0) is 4.79 Å². The van der Waals surface area contributed by atoms with E-state index in [1.165, 1.54) is 11.3 Å². The highest BCUT2D eigenvalue weighted by atomic mass is 32.1. The van der Waals surface area contributed by atoms with Gasteiger partial charge in [-0.05, 0) is 23.8 Å². The van der Waals surface area contributed by atoms with Gasteiger partial charge < -0.3 is 4.90 Å². The normalized spacial score (nSPS) is 15.1. The van der Waals surface area contributed by atoms with Crippen LogP contribution in [0.3, 0.4) is 0 Å². The van der Waals surface area contributed by atoms with Crippen LogP contribution in [0.2, 0.25) is 0 Å². The molecule has 3 rings (SSSR count). The Labute approximate surface area is 133 Å². The Hall–Kier alpha value is -2.01. The third-order valence-corrected chi connectivity index (χ3v) is 5.14. The van der Waals surface area contributed by atoms with E-state index in [1.807, 2.05) is 25.1 Å². The zero-order chi connectivity index (χ0) is 15.5. The maximum atomic E-state index is 12.1.